The number of hydrogen-bond donors (Lipinski definition) is 3. The number of guanidine groups is 1. The quantitative estimate of drug-likeness (QED) is 0.460. The number of nitrogens with zero attached hydrogens (tertiary/aromatic N) is 1. The summed E-state index contributed by atoms with van der Waals surface area (Å²) in [5, 5.41) is 16.7. The van der Waals surface area contributed by atoms with Crippen LogP contribution in [0.2, 0.25) is 0 Å². The second kappa shape index (κ2) is 9.91. The Balaban J connectivity index is 1.97. The molecule has 1 aromatic carbocycles. The molecule has 3 N–H and O–H groups in total. The van der Waals surface area contributed by atoms with Crippen LogP contribution in [0.5, 0.6) is 5.75 Å². The Kier molecular flexibility index (Phi) is 7.60. The molecule has 1 aromatic heterocycles. The maximum atomic E-state index is 12.3. The van der Waals surface area contributed by atoms with Gasteiger partial charge in [0.2, 0.25) is 0 Å². The molecule has 0 saturated heterocycles. The van der Waals surface area contributed by atoms with E-state index in [1.807, 2.05) is 13.0 Å². The average Bonchev–Trinajstić information content (AvgIpc) is 3.18. The van der Waals surface area contributed by atoms with Crippen molar-refractivity contribution in [3.63, 3.8) is 0 Å². The maximum absolute atomic E-state index is 12.3. The molecular formula is C19H25F2N3O3. The van der Waals surface area contributed by atoms with Gasteiger partial charge in [-0.05, 0) is 43.7 Å². The standard InChI is InChI=1S/C19H25F2N3O3/c1-3-22-18(24-13-19(2,25)16-8-5-9-26-16)23-11-14-6-4-7-15(10-14)27-12-17(20)21/h4-10,17,25H,3,11-13H2,1-2H3,(H2,22,23,24). The summed E-state index contributed by atoms with van der Waals surface area (Å²) in [6, 6.07) is 10.3. The number of aliphatic hydroxyl groups is 1. The highest BCUT2D eigenvalue weighted by Gasteiger charge is 2.26. The fraction of sp³-hybridized carbons (Fsp3) is 0.421. The third-order valence-corrected chi connectivity index (χ3v) is 3.69. The first-order valence-electron chi connectivity index (χ1n) is 8.69. The Morgan fingerprint density at radius 2 is 2.11 bits per heavy atom. The van der Waals surface area contributed by atoms with Crippen molar-refractivity contribution in [3.05, 3.63) is 54.0 Å². The monoisotopic (exact) mass is 381 g/mol. The molecule has 27 heavy (non-hydrogen) atoms. The second-order valence-electron chi connectivity index (χ2n) is 6.15. The van der Waals surface area contributed by atoms with Crippen LogP contribution >= 0.6 is 0 Å². The predicted octanol–water partition coefficient (Wildman–Crippen LogP) is 2.89. The summed E-state index contributed by atoms with van der Waals surface area (Å²) in [5.41, 5.74) is -0.375. The Bertz CT molecular complexity index is 719. The van der Waals surface area contributed by atoms with Gasteiger partial charge in [-0.15, -0.1) is 0 Å². The molecule has 0 saturated carbocycles. The molecule has 1 atom stereocenters. The van der Waals surface area contributed by atoms with E-state index in [0.717, 1.165) is 5.56 Å². The topological polar surface area (TPSA) is 79.0 Å². The van der Waals surface area contributed by atoms with E-state index in [2.05, 4.69) is 15.6 Å². The minimum absolute atomic E-state index is 0.198. The minimum atomic E-state index is -2.52. The van der Waals surface area contributed by atoms with E-state index < -0.39 is 18.6 Å². The summed E-state index contributed by atoms with van der Waals surface area (Å²) in [7, 11) is 0. The lowest BCUT2D eigenvalue weighted by Crippen LogP contribution is -2.44. The summed E-state index contributed by atoms with van der Waals surface area (Å²) >= 11 is 0. The Labute approximate surface area is 157 Å². The fourth-order valence-corrected chi connectivity index (χ4v) is 2.33. The first kappa shape index (κ1) is 20.7. The molecule has 2 rings (SSSR count). The molecule has 0 amide bonds. The van der Waals surface area contributed by atoms with E-state index in [4.69, 9.17) is 9.15 Å². The highest BCUT2D eigenvalue weighted by Crippen LogP contribution is 2.19. The molecule has 0 radical (unpaired) electrons. The predicted molar refractivity (Wildman–Crippen MR) is 99.0 cm³/mol. The zero-order valence-corrected chi connectivity index (χ0v) is 15.4. The van der Waals surface area contributed by atoms with Gasteiger partial charge in [0.1, 0.15) is 23.7 Å². The Morgan fingerprint density at radius 1 is 1.30 bits per heavy atom. The van der Waals surface area contributed by atoms with Gasteiger partial charge in [0.15, 0.2) is 5.96 Å². The SMILES string of the molecule is CCNC(=NCc1cccc(OCC(F)F)c1)NCC(C)(O)c1ccco1. The Morgan fingerprint density at radius 3 is 2.78 bits per heavy atom. The number of aliphatic imine (C=N–C) groups is 1. The van der Waals surface area contributed by atoms with Crippen LogP contribution in [0.25, 0.3) is 0 Å². The lowest BCUT2D eigenvalue weighted by molar-refractivity contribution is 0.0386. The van der Waals surface area contributed by atoms with E-state index >= 15 is 0 Å². The highest BCUT2D eigenvalue weighted by molar-refractivity contribution is 5.79. The van der Waals surface area contributed by atoms with Crippen LogP contribution in [0.1, 0.15) is 25.2 Å². The van der Waals surface area contributed by atoms with Crippen molar-refractivity contribution in [1.29, 1.82) is 0 Å². The van der Waals surface area contributed by atoms with Crippen LogP contribution in [-0.2, 0) is 12.1 Å². The summed E-state index contributed by atoms with van der Waals surface area (Å²) in [6.45, 7) is 4.10. The molecule has 0 aliphatic rings. The van der Waals surface area contributed by atoms with Gasteiger partial charge >= 0.3 is 0 Å². The van der Waals surface area contributed by atoms with E-state index in [9.17, 15) is 13.9 Å². The molecule has 0 spiro atoms. The molecule has 148 valence electrons. The van der Waals surface area contributed by atoms with Gasteiger partial charge < -0.3 is 24.9 Å². The van der Waals surface area contributed by atoms with Crippen molar-refractivity contribution >= 4 is 5.96 Å². The third kappa shape index (κ3) is 6.90. The van der Waals surface area contributed by atoms with E-state index in [0.29, 0.717) is 30.6 Å². The van der Waals surface area contributed by atoms with Crippen molar-refractivity contribution in [1.82, 2.24) is 10.6 Å². The highest BCUT2D eigenvalue weighted by atomic mass is 19.3. The van der Waals surface area contributed by atoms with Gasteiger partial charge in [0.25, 0.3) is 6.43 Å². The van der Waals surface area contributed by atoms with Gasteiger partial charge in [0.05, 0.1) is 19.4 Å². The zero-order valence-electron chi connectivity index (χ0n) is 15.4. The van der Waals surface area contributed by atoms with E-state index in [1.54, 1.807) is 37.3 Å². The molecule has 6 nitrogen and oxygen atoms in total. The second-order valence-corrected chi connectivity index (χ2v) is 6.15. The van der Waals surface area contributed by atoms with Gasteiger partial charge in [-0.25, -0.2) is 13.8 Å². The molecule has 2 aromatic rings. The van der Waals surface area contributed by atoms with Crippen LogP contribution in [0.15, 0.2) is 52.1 Å². The summed E-state index contributed by atoms with van der Waals surface area (Å²) < 4.78 is 34.8. The molecular weight excluding hydrogens is 356 g/mol. The van der Waals surface area contributed by atoms with Gasteiger partial charge in [-0.2, -0.15) is 0 Å². The van der Waals surface area contributed by atoms with Crippen molar-refractivity contribution in [2.75, 3.05) is 19.7 Å². The number of halogens is 2. The van der Waals surface area contributed by atoms with Gasteiger partial charge in [0, 0.05) is 6.54 Å². The number of benzene rings is 1. The first-order chi connectivity index (χ1) is 12.9. The van der Waals surface area contributed by atoms with Gasteiger partial charge in [-0.1, -0.05) is 12.1 Å². The summed E-state index contributed by atoms with van der Waals surface area (Å²) in [5.74, 6) is 1.35. The van der Waals surface area contributed by atoms with Crippen LogP contribution in [0.4, 0.5) is 8.78 Å². The molecule has 0 fully saturated rings. The molecule has 0 bridgehead atoms. The van der Waals surface area contributed by atoms with Crippen molar-refractivity contribution in [2.24, 2.45) is 4.99 Å². The van der Waals surface area contributed by atoms with Crippen LogP contribution in [0, 0.1) is 0 Å². The average molecular weight is 381 g/mol. The molecule has 0 aliphatic heterocycles. The van der Waals surface area contributed by atoms with Crippen LogP contribution in [0.3, 0.4) is 0 Å². The number of ether oxygens (including phenoxy) is 1. The molecule has 1 heterocycles. The van der Waals surface area contributed by atoms with Gasteiger partial charge in [-0.3, -0.25) is 0 Å². The number of furan rings is 1. The normalized spacial score (nSPS) is 14.1. The lowest BCUT2D eigenvalue weighted by atomic mass is 10.0. The molecule has 1 unspecified atom stereocenters. The number of hydrogen-bond acceptors (Lipinski definition) is 4. The van der Waals surface area contributed by atoms with Crippen molar-refractivity contribution < 1.29 is 23.0 Å². The largest absolute Gasteiger partial charge is 0.488 e. The van der Waals surface area contributed by atoms with E-state index in [1.165, 1.54) is 6.26 Å². The maximum Gasteiger partial charge on any atom is 0.272 e. The minimum Gasteiger partial charge on any atom is -0.488 e. The fourth-order valence-electron chi connectivity index (χ4n) is 2.33. The van der Waals surface area contributed by atoms with Crippen LogP contribution < -0.4 is 15.4 Å². The summed E-state index contributed by atoms with van der Waals surface area (Å²) in [4.78, 5) is 4.45. The van der Waals surface area contributed by atoms with Crippen molar-refractivity contribution in [2.45, 2.75) is 32.4 Å². The number of rotatable bonds is 9. The van der Waals surface area contributed by atoms with E-state index in [-0.39, 0.29) is 6.54 Å². The number of alkyl halides is 2. The smallest absolute Gasteiger partial charge is 0.272 e. The zero-order chi connectivity index (χ0) is 19.7. The summed E-state index contributed by atoms with van der Waals surface area (Å²) in [6.07, 6.45) is -1.01. The molecule has 8 heteroatoms. The van der Waals surface area contributed by atoms with Crippen LogP contribution in [-0.4, -0.2) is 37.2 Å². The first-order valence-corrected chi connectivity index (χ1v) is 8.69. The van der Waals surface area contributed by atoms with Crippen molar-refractivity contribution in [3.8, 4) is 5.75 Å². The third-order valence-electron chi connectivity index (χ3n) is 3.69. The number of nitrogens with one attached hydrogen (secondary N) is 2. The Hall–Kier alpha value is -2.61. The lowest BCUT2D eigenvalue weighted by Gasteiger charge is -2.22. The molecule has 0 aliphatic carbocycles.